The molecule has 3 aliphatic rings. The summed E-state index contributed by atoms with van der Waals surface area (Å²) < 4.78 is 5.68. The van der Waals surface area contributed by atoms with Gasteiger partial charge < -0.3 is 15.0 Å². The van der Waals surface area contributed by atoms with Crippen molar-refractivity contribution in [1.29, 1.82) is 0 Å². The fraction of sp³-hybridized carbons (Fsp3) is 0.938. The number of nitrogens with one attached hydrogen (secondary N) is 1. The minimum Gasteiger partial charge on any atom is -0.376 e. The molecule has 0 aromatic heterocycles. The number of rotatable bonds is 2. The van der Waals surface area contributed by atoms with Gasteiger partial charge in [0.05, 0.1) is 6.10 Å². The van der Waals surface area contributed by atoms with E-state index in [1.807, 2.05) is 7.05 Å². The van der Waals surface area contributed by atoms with Crippen LogP contribution in [0.2, 0.25) is 0 Å². The minimum atomic E-state index is 0. The van der Waals surface area contributed by atoms with Crippen molar-refractivity contribution in [2.24, 2.45) is 10.4 Å². The van der Waals surface area contributed by atoms with Crippen LogP contribution in [-0.4, -0.2) is 50.3 Å². The average Bonchev–Trinajstić information content (AvgIpc) is 3.12. The first kappa shape index (κ1) is 17.3. The lowest BCUT2D eigenvalue weighted by Crippen LogP contribution is -2.44. The highest BCUT2D eigenvalue weighted by molar-refractivity contribution is 14.0. The fourth-order valence-corrected chi connectivity index (χ4v) is 4.17. The summed E-state index contributed by atoms with van der Waals surface area (Å²) in [5.74, 6) is 1.09. The van der Waals surface area contributed by atoms with Crippen LogP contribution >= 0.6 is 24.0 Å². The SMILES string of the molecule is CN=C(NCC1CCCO1)N1CCC2(CCCCC2)C1.I. The molecule has 0 aromatic carbocycles. The maximum absolute atomic E-state index is 5.68. The summed E-state index contributed by atoms with van der Waals surface area (Å²) in [6, 6.07) is 0. The molecular weight excluding hydrogens is 377 g/mol. The van der Waals surface area contributed by atoms with Gasteiger partial charge in [-0.3, -0.25) is 4.99 Å². The maximum atomic E-state index is 5.68. The fourth-order valence-electron chi connectivity index (χ4n) is 4.17. The molecule has 5 heteroatoms. The zero-order chi connectivity index (χ0) is 13.8. The molecule has 3 fully saturated rings. The Hall–Kier alpha value is -0.0400. The molecule has 1 aliphatic carbocycles. The van der Waals surface area contributed by atoms with Crippen molar-refractivity contribution in [2.45, 2.75) is 57.5 Å². The third-order valence-electron chi connectivity index (χ3n) is 5.38. The van der Waals surface area contributed by atoms with E-state index >= 15 is 0 Å². The van der Waals surface area contributed by atoms with Crippen LogP contribution in [0.15, 0.2) is 4.99 Å². The summed E-state index contributed by atoms with van der Waals surface area (Å²) in [6.07, 6.45) is 11.3. The Morgan fingerprint density at radius 1 is 1.24 bits per heavy atom. The van der Waals surface area contributed by atoms with Crippen molar-refractivity contribution >= 4 is 29.9 Å². The maximum Gasteiger partial charge on any atom is 0.193 e. The van der Waals surface area contributed by atoms with E-state index in [2.05, 4.69) is 15.2 Å². The van der Waals surface area contributed by atoms with Gasteiger partial charge in [-0.25, -0.2) is 0 Å². The number of guanidine groups is 1. The minimum absolute atomic E-state index is 0. The third-order valence-corrected chi connectivity index (χ3v) is 5.38. The van der Waals surface area contributed by atoms with Gasteiger partial charge in [0, 0.05) is 33.3 Å². The first-order valence-electron chi connectivity index (χ1n) is 8.39. The summed E-state index contributed by atoms with van der Waals surface area (Å²) in [5, 5.41) is 3.53. The zero-order valence-electron chi connectivity index (χ0n) is 13.3. The van der Waals surface area contributed by atoms with E-state index in [1.165, 1.54) is 64.5 Å². The van der Waals surface area contributed by atoms with Gasteiger partial charge in [-0.05, 0) is 37.5 Å². The van der Waals surface area contributed by atoms with Crippen molar-refractivity contribution < 1.29 is 4.74 Å². The molecule has 3 rings (SSSR count). The number of ether oxygens (including phenoxy) is 1. The molecule has 0 radical (unpaired) electrons. The second kappa shape index (κ2) is 7.99. The van der Waals surface area contributed by atoms with Crippen LogP contribution in [0, 0.1) is 5.41 Å². The van der Waals surface area contributed by atoms with Gasteiger partial charge in [0.25, 0.3) is 0 Å². The highest BCUT2D eigenvalue weighted by Gasteiger charge is 2.39. The predicted octanol–water partition coefficient (Wildman–Crippen LogP) is 3.02. The van der Waals surface area contributed by atoms with Crippen LogP contribution in [0.25, 0.3) is 0 Å². The average molecular weight is 407 g/mol. The standard InChI is InChI=1S/C16H29N3O.HI/c1-17-15(18-12-14-6-5-11-20-14)19-10-9-16(13-19)7-3-2-4-8-16;/h14H,2-13H2,1H3,(H,17,18);1H. The van der Waals surface area contributed by atoms with Crippen LogP contribution in [0.1, 0.15) is 51.4 Å². The van der Waals surface area contributed by atoms with E-state index in [-0.39, 0.29) is 24.0 Å². The number of hydrogen-bond donors (Lipinski definition) is 1. The van der Waals surface area contributed by atoms with Gasteiger partial charge in [-0.1, -0.05) is 19.3 Å². The van der Waals surface area contributed by atoms with E-state index in [0.717, 1.165) is 19.1 Å². The molecular formula is C16H30IN3O. The quantitative estimate of drug-likeness (QED) is 0.435. The van der Waals surface area contributed by atoms with Gasteiger partial charge in [0.2, 0.25) is 0 Å². The number of halogens is 1. The van der Waals surface area contributed by atoms with Crippen LogP contribution < -0.4 is 5.32 Å². The number of hydrogen-bond acceptors (Lipinski definition) is 2. The molecule has 1 spiro atoms. The van der Waals surface area contributed by atoms with Crippen LogP contribution in [0.4, 0.5) is 0 Å². The van der Waals surface area contributed by atoms with Crippen LogP contribution in [-0.2, 0) is 4.74 Å². The number of likely N-dealkylation sites (tertiary alicyclic amines) is 1. The first-order chi connectivity index (χ1) is 9.81. The summed E-state index contributed by atoms with van der Waals surface area (Å²) >= 11 is 0. The molecule has 0 amide bonds. The van der Waals surface area contributed by atoms with Gasteiger partial charge in [-0.2, -0.15) is 0 Å². The second-order valence-corrected chi connectivity index (χ2v) is 6.80. The lowest BCUT2D eigenvalue weighted by atomic mass is 9.73. The van der Waals surface area contributed by atoms with E-state index < -0.39 is 0 Å². The lowest BCUT2D eigenvalue weighted by Gasteiger charge is -2.33. The summed E-state index contributed by atoms with van der Waals surface area (Å²) in [7, 11) is 1.91. The van der Waals surface area contributed by atoms with E-state index in [4.69, 9.17) is 4.74 Å². The summed E-state index contributed by atoms with van der Waals surface area (Å²) in [4.78, 5) is 6.96. The molecule has 1 unspecified atom stereocenters. The Kier molecular flexibility index (Phi) is 6.59. The Labute approximate surface area is 146 Å². The monoisotopic (exact) mass is 407 g/mol. The van der Waals surface area contributed by atoms with E-state index in [9.17, 15) is 0 Å². The smallest absolute Gasteiger partial charge is 0.193 e. The highest BCUT2D eigenvalue weighted by Crippen LogP contribution is 2.43. The topological polar surface area (TPSA) is 36.9 Å². The molecule has 21 heavy (non-hydrogen) atoms. The van der Waals surface area contributed by atoms with Crippen LogP contribution in [0.3, 0.4) is 0 Å². The van der Waals surface area contributed by atoms with Crippen molar-refractivity contribution in [3.05, 3.63) is 0 Å². The molecule has 1 atom stereocenters. The Morgan fingerprint density at radius 3 is 2.71 bits per heavy atom. The van der Waals surface area contributed by atoms with Gasteiger partial charge in [0.15, 0.2) is 5.96 Å². The highest BCUT2D eigenvalue weighted by atomic mass is 127. The number of nitrogens with zero attached hydrogens (tertiary/aromatic N) is 2. The molecule has 0 aromatic rings. The summed E-state index contributed by atoms with van der Waals surface area (Å²) in [5.41, 5.74) is 0.597. The largest absolute Gasteiger partial charge is 0.376 e. The van der Waals surface area contributed by atoms with Gasteiger partial charge >= 0.3 is 0 Å². The number of aliphatic imine (C=N–C) groups is 1. The zero-order valence-corrected chi connectivity index (χ0v) is 15.6. The molecule has 0 bridgehead atoms. The Bertz CT molecular complexity index is 349. The first-order valence-corrected chi connectivity index (χ1v) is 8.39. The van der Waals surface area contributed by atoms with E-state index in [1.54, 1.807) is 0 Å². The Morgan fingerprint density at radius 2 is 2.05 bits per heavy atom. The third kappa shape index (κ3) is 4.24. The van der Waals surface area contributed by atoms with Crippen molar-refractivity contribution in [2.75, 3.05) is 33.3 Å². The van der Waals surface area contributed by atoms with Crippen molar-refractivity contribution in [1.82, 2.24) is 10.2 Å². The van der Waals surface area contributed by atoms with Crippen molar-refractivity contribution in [3.8, 4) is 0 Å². The molecule has 2 heterocycles. The van der Waals surface area contributed by atoms with E-state index in [0.29, 0.717) is 11.5 Å². The molecule has 4 nitrogen and oxygen atoms in total. The normalized spacial score (nSPS) is 28.7. The van der Waals surface area contributed by atoms with Gasteiger partial charge in [0.1, 0.15) is 0 Å². The van der Waals surface area contributed by atoms with Gasteiger partial charge in [-0.15, -0.1) is 24.0 Å². The second-order valence-electron chi connectivity index (χ2n) is 6.80. The lowest BCUT2D eigenvalue weighted by molar-refractivity contribution is 0.113. The molecule has 2 saturated heterocycles. The molecule has 1 saturated carbocycles. The molecule has 2 aliphatic heterocycles. The van der Waals surface area contributed by atoms with Crippen molar-refractivity contribution in [3.63, 3.8) is 0 Å². The predicted molar refractivity (Wildman–Crippen MR) is 97.5 cm³/mol. The molecule has 1 N–H and O–H groups in total. The summed E-state index contributed by atoms with van der Waals surface area (Å²) in [6.45, 7) is 4.22. The van der Waals surface area contributed by atoms with Crippen LogP contribution in [0.5, 0.6) is 0 Å². The molecule has 122 valence electrons. The Balaban J connectivity index is 0.00000161.